The van der Waals surface area contributed by atoms with Crippen molar-refractivity contribution in [3.05, 3.63) is 52.8 Å². The molecule has 0 aliphatic heterocycles. The third kappa shape index (κ3) is 3.09. The lowest BCUT2D eigenvalue weighted by atomic mass is 10.1. The molecule has 100 valence electrons. The van der Waals surface area contributed by atoms with Crippen LogP contribution in [0.4, 0.5) is 10.1 Å². The molecule has 1 unspecified atom stereocenters. The fraction of sp³-hybridized carbons (Fsp3) is 0.143. The monoisotopic (exact) mass is 281 g/mol. The van der Waals surface area contributed by atoms with Gasteiger partial charge in [-0.1, -0.05) is 11.6 Å². The maximum atomic E-state index is 13.2. The summed E-state index contributed by atoms with van der Waals surface area (Å²) in [7, 11) is 0. The molecule has 0 aliphatic carbocycles. The Morgan fingerprint density at radius 2 is 1.79 bits per heavy atom. The van der Waals surface area contributed by atoms with Gasteiger partial charge in [0.1, 0.15) is 17.3 Å². The number of aromatic hydroxyl groups is 2. The van der Waals surface area contributed by atoms with Crippen LogP contribution in [-0.4, -0.2) is 10.2 Å². The van der Waals surface area contributed by atoms with Crippen LogP contribution in [0, 0.1) is 5.82 Å². The number of hydrogen-bond acceptors (Lipinski definition) is 3. The molecule has 0 heterocycles. The summed E-state index contributed by atoms with van der Waals surface area (Å²) in [5.74, 6) is -0.398. The van der Waals surface area contributed by atoms with Gasteiger partial charge in [0, 0.05) is 11.3 Å². The zero-order chi connectivity index (χ0) is 14.0. The SMILES string of the molecule is CC(Nc1ccc(O)c(Cl)c1)c1cc(F)ccc1O. The molecular formula is C14H13ClFNO2. The fourth-order valence-electron chi connectivity index (χ4n) is 1.80. The average Bonchev–Trinajstić information content (AvgIpc) is 2.36. The summed E-state index contributed by atoms with van der Waals surface area (Å²) in [6, 6.07) is 8.14. The first-order chi connectivity index (χ1) is 8.97. The van der Waals surface area contributed by atoms with Gasteiger partial charge >= 0.3 is 0 Å². The molecule has 0 fully saturated rings. The lowest BCUT2D eigenvalue weighted by molar-refractivity contribution is 0.462. The molecule has 3 nitrogen and oxygen atoms in total. The quantitative estimate of drug-likeness (QED) is 0.744. The minimum absolute atomic E-state index is 0.00604. The minimum Gasteiger partial charge on any atom is -0.508 e. The van der Waals surface area contributed by atoms with Crippen molar-refractivity contribution in [1.82, 2.24) is 0 Å². The van der Waals surface area contributed by atoms with Gasteiger partial charge in [0.05, 0.1) is 11.1 Å². The molecule has 2 aromatic carbocycles. The molecule has 5 heteroatoms. The molecule has 2 rings (SSSR count). The molecule has 0 aromatic heterocycles. The highest BCUT2D eigenvalue weighted by molar-refractivity contribution is 6.32. The molecule has 3 N–H and O–H groups in total. The Morgan fingerprint density at radius 3 is 2.47 bits per heavy atom. The van der Waals surface area contributed by atoms with Crippen LogP contribution in [0.5, 0.6) is 11.5 Å². The van der Waals surface area contributed by atoms with E-state index in [1.165, 1.54) is 24.3 Å². The predicted octanol–water partition coefficient (Wildman–Crippen LogP) is 4.06. The Hall–Kier alpha value is -1.94. The van der Waals surface area contributed by atoms with E-state index in [-0.39, 0.29) is 22.6 Å². The van der Waals surface area contributed by atoms with Crippen molar-refractivity contribution in [2.45, 2.75) is 13.0 Å². The maximum Gasteiger partial charge on any atom is 0.134 e. The summed E-state index contributed by atoms with van der Waals surface area (Å²) in [6.07, 6.45) is 0. The first-order valence-electron chi connectivity index (χ1n) is 5.71. The van der Waals surface area contributed by atoms with Crippen molar-refractivity contribution in [1.29, 1.82) is 0 Å². The van der Waals surface area contributed by atoms with Crippen LogP contribution in [-0.2, 0) is 0 Å². The highest BCUT2D eigenvalue weighted by Gasteiger charge is 2.12. The minimum atomic E-state index is -0.412. The molecule has 0 saturated carbocycles. The molecule has 0 bridgehead atoms. The van der Waals surface area contributed by atoms with Gasteiger partial charge in [0.15, 0.2) is 0 Å². The number of hydrogen-bond donors (Lipinski definition) is 3. The number of nitrogens with one attached hydrogen (secondary N) is 1. The van der Waals surface area contributed by atoms with Crippen molar-refractivity contribution in [3.8, 4) is 11.5 Å². The highest BCUT2D eigenvalue weighted by Crippen LogP contribution is 2.30. The Labute approximate surface area is 115 Å². The topological polar surface area (TPSA) is 52.5 Å². The van der Waals surface area contributed by atoms with Crippen molar-refractivity contribution in [2.75, 3.05) is 5.32 Å². The first kappa shape index (κ1) is 13.5. The normalized spacial score (nSPS) is 12.2. The van der Waals surface area contributed by atoms with Crippen LogP contribution in [0.3, 0.4) is 0 Å². The van der Waals surface area contributed by atoms with E-state index in [2.05, 4.69) is 5.32 Å². The number of halogens is 2. The smallest absolute Gasteiger partial charge is 0.134 e. The zero-order valence-corrected chi connectivity index (χ0v) is 10.9. The van der Waals surface area contributed by atoms with Crippen LogP contribution in [0.15, 0.2) is 36.4 Å². The summed E-state index contributed by atoms with van der Waals surface area (Å²) in [6.45, 7) is 1.79. The summed E-state index contributed by atoms with van der Waals surface area (Å²) in [5.41, 5.74) is 1.11. The molecule has 0 aliphatic rings. The van der Waals surface area contributed by atoms with Gasteiger partial charge in [0.25, 0.3) is 0 Å². The van der Waals surface area contributed by atoms with E-state index < -0.39 is 5.82 Å². The van der Waals surface area contributed by atoms with Crippen molar-refractivity contribution in [3.63, 3.8) is 0 Å². The van der Waals surface area contributed by atoms with E-state index in [1.54, 1.807) is 19.1 Å². The van der Waals surface area contributed by atoms with E-state index in [4.69, 9.17) is 11.6 Å². The van der Waals surface area contributed by atoms with Gasteiger partial charge in [0.2, 0.25) is 0 Å². The van der Waals surface area contributed by atoms with E-state index in [0.717, 1.165) is 0 Å². The lowest BCUT2D eigenvalue weighted by Crippen LogP contribution is -2.07. The van der Waals surface area contributed by atoms with Gasteiger partial charge in [-0.25, -0.2) is 4.39 Å². The molecule has 0 saturated heterocycles. The van der Waals surface area contributed by atoms with Gasteiger partial charge in [-0.15, -0.1) is 0 Å². The zero-order valence-electron chi connectivity index (χ0n) is 10.2. The molecule has 19 heavy (non-hydrogen) atoms. The van der Waals surface area contributed by atoms with Crippen LogP contribution >= 0.6 is 11.6 Å². The highest BCUT2D eigenvalue weighted by atomic mass is 35.5. The molecule has 2 aromatic rings. The lowest BCUT2D eigenvalue weighted by Gasteiger charge is -2.17. The summed E-state index contributed by atoms with van der Waals surface area (Å²) < 4.78 is 13.2. The molecule has 1 atom stereocenters. The van der Waals surface area contributed by atoms with Crippen molar-refractivity contribution < 1.29 is 14.6 Å². The third-order valence-corrected chi connectivity index (χ3v) is 3.09. The second-order valence-electron chi connectivity index (χ2n) is 4.24. The number of rotatable bonds is 3. The fourth-order valence-corrected chi connectivity index (χ4v) is 1.98. The second-order valence-corrected chi connectivity index (χ2v) is 4.64. The Balaban J connectivity index is 2.22. The third-order valence-electron chi connectivity index (χ3n) is 2.79. The predicted molar refractivity (Wildman–Crippen MR) is 73.2 cm³/mol. The summed E-state index contributed by atoms with van der Waals surface area (Å²) in [4.78, 5) is 0. The van der Waals surface area contributed by atoms with E-state index in [9.17, 15) is 14.6 Å². The Kier molecular flexibility index (Phi) is 3.81. The maximum absolute atomic E-state index is 13.2. The standard InChI is InChI=1S/C14H13ClFNO2/c1-8(11-6-9(16)2-4-13(11)18)17-10-3-5-14(19)12(15)7-10/h2-8,17-19H,1H3. The first-order valence-corrected chi connectivity index (χ1v) is 6.08. The number of phenolic OH excluding ortho intramolecular Hbond substituents is 2. The second kappa shape index (κ2) is 5.36. The number of anilines is 1. The van der Waals surface area contributed by atoms with E-state index >= 15 is 0 Å². The molecular weight excluding hydrogens is 269 g/mol. The van der Waals surface area contributed by atoms with Crippen molar-refractivity contribution in [2.24, 2.45) is 0 Å². The summed E-state index contributed by atoms with van der Waals surface area (Å²) in [5, 5.41) is 22.3. The summed E-state index contributed by atoms with van der Waals surface area (Å²) >= 11 is 5.80. The molecule has 0 radical (unpaired) electrons. The van der Waals surface area contributed by atoms with Crippen LogP contribution in [0.25, 0.3) is 0 Å². The van der Waals surface area contributed by atoms with Crippen molar-refractivity contribution >= 4 is 17.3 Å². The van der Waals surface area contributed by atoms with E-state index in [1.807, 2.05) is 0 Å². The van der Waals surface area contributed by atoms with Crippen LogP contribution in [0.2, 0.25) is 5.02 Å². The number of benzene rings is 2. The van der Waals surface area contributed by atoms with Gasteiger partial charge < -0.3 is 15.5 Å². The van der Waals surface area contributed by atoms with Gasteiger partial charge in [-0.05, 0) is 43.3 Å². The average molecular weight is 282 g/mol. The van der Waals surface area contributed by atoms with Crippen LogP contribution in [0.1, 0.15) is 18.5 Å². The number of phenols is 2. The Morgan fingerprint density at radius 1 is 1.11 bits per heavy atom. The molecule has 0 spiro atoms. The largest absolute Gasteiger partial charge is 0.508 e. The van der Waals surface area contributed by atoms with Gasteiger partial charge in [-0.3, -0.25) is 0 Å². The Bertz CT molecular complexity index is 604. The van der Waals surface area contributed by atoms with Gasteiger partial charge in [-0.2, -0.15) is 0 Å². The van der Waals surface area contributed by atoms with Crippen LogP contribution < -0.4 is 5.32 Å². The van der Waals surface area contributed by atoms with E-state index in [0.29, 0.717) is 11.3 Å². The molecule has 0 amide bonds.